The number of carbonyl (C=O) groups is 1. The zero-order valence-electron chi connectivity index (χ0n) is 11.1. The Morgan fingerprint density at radius 1 is 1.39 bits per heavy atom. The molecule has 18 heavy (non-hydrogen) atoms. The van der Waals surface area contributed by atoms with E-state index in [4.69, 9.17) is 0 Å². The summed E-state index contributed by atoms with van der Waals surface area (Å²) in [6.07, 6.45) is 5.47. The Morgan fingerprint density at radius 3 is 2.44 bits per heavy atom. The Kier molecular flexibility index (Phi) is 12.5. The number of unbranched alkanes of at least 4 members (excludes halogenated alkanes) is 3. The first-order valence-electron chi connectivity index (χ1n) is 5.75. The van der Waals surface area contributed by atoms with Crippen LogP contribution in [0.4, 0.5) is 0 Å². The molecule has 0 aliphatic rings. The van der Waals surface area contributed by atoms with E-state index in [2.05, 4.69) is 18.8 Å². The van der Waals surface area contributed by atoms with E-state index in [1.165, 1.54) is 0 Å². The van der Waals surface area contributed by atoms with Gasteiger partial charge < -0.3 is 9.87 Å². The van der Waals surface area contributed by atoms with E-state index in [1.54, 1.807) is 0 Å². The van der Waals surface area contributed by atoms with Gasteiger partial charge in [0.1, 0.15) is 0 Å². The number of amides is 1. The molecule has 0 heterocycles. The summed E-state index contributed by atoms with van der Waals surface area (Å²) in [6.45, 7) is 5.35. The summed E-state index contributed by atoms with van der Waals surface area (Å²) in [4.78, 5) is 11.1. The fourth-order valence-electron chi connectivity index (χ4n) is 1.52. The van der Waals surface area contributed by atoms with Gasteiger partial charge in [-0.15, -0.1) is 0 Å². The van der Waals surface area contributed by atoms with Gasteiger partial charge in [-0.05, 0) is 12.5 Å². The minimum absolute atomic E-state index is 0. The molecule has 0 saturated carbocycles. The third-order valence-corrected chi connectivity index (χ3v) is 3.15. The normalized spacial score (nSPS) is 12.3. The summed E-state index contributed by atoms with van der Waals surface area (Å²) in [5.41, 5.74) is 0. The molecule has 0 aliphatic carbocycles. The summed E-state index contributed by atoms with van der Waals surface area (Å²) >= 11 is 0. The molecule has 0 aromatic heterocycles. The minimum Gasteiger partial charge on any atom is -0.748 e. The molecule has 7 heteroatoms. The maximum atomic E-state index is 11.1. The molecule has 1 amide bonds. The quantitative estimate of drug-likeness (QED) is 0.234. The Morgan fingerprint density at radius 2 is 2.00 bits per heavy atom. The van der Waals surface area contributed by atoms with E-state index in [-0.39, 0.29) is 29.6 Å². The summed E-state index contributed by atoms with van der Waals surface area (Å²) < 4.78 is 32.0. The van der Waals surface area contributed by atoms with Crippen molar-refractivity contribution in [2.75, 3.05) is 5.75 Å². The van der Waals surface area contributed by atoms with Gasteiger partial charge in [0.05, 0.1) is 15.9 Å². The van der Waals surface area contributed by atoms with Crippen LogP contribution >= 0.6 is 0 Å². The van der Waals surface area contributed by atoms with Crippen LogP contribution in [-0.4, -0.2) is 30.7 Å². The van der Waals surface area contributed by atoms with Crippen LogP contribution in [0.15, 0.2) is 12.7 Å². The zero-order valence-corrected chi connectivity index (χ0v) is 14.0. The fraction of sp³-hybridized carbons (Fsp3) is 0.727. The van der Waals surface area contributed by atoms with Crippen LogP contribution in [0.25, 0.3) is 0 Å². The topological polar surface area (TPSA) is 86.3 Å². The van der Waals surface area contributed by atoms with Gasteiger partial charge in [-0.1, -0.05) is 39.2 Å². The Labute approximate surface area is 131 Å². The molecule has 0 spiro atoms. The van der Waals surface area contributed by atoms with E-state index < -0.39 is 27.8 Å². The van der Waals surface area contributed by atoms with E-state index in [0.29, 0.717) is 6.42 Å². The van der Waals surface area contributed by atoms with Gasteiger partial charge in [-0.2, -0.15) is 0 Å². The third-order valence-electron chi connectivity index (χ3n) is 2.34. The molecule has 0 radical (unpaired) electrons. The number of hydrogen-bond acceptors (Lipinski definition) is 4. The third kappa shape index (κ3) is 12.6. The average molecular weight is 285 g/mol. The summed E-state index contributed by atoms with van der Waals surface area (Å²) in [7, 11) is -4.32. The average Bonchev–Trinajstić information content (AvgIpc) is 2.21. The van der Waals surface area contributed by atoms with Gasteiger partial charge in [-0.25, -0.2) is 8.42 Å². The van der Waals surface area contributed by atoms with Crippen molar-refractivity contribution in [2.45, 2.75) is 45.1 Å². The SMILES string of the molecule is C=CC(=O)NC(CCCCCC)CS(=O)(=O)[O-].[Na+]. The number of carbonyl (C=O) groups excluding carboxylic acids is 1. The second kappa shape index (κ2) is 11.0. The fourth-order valence-corrected chi connectivity index (χ4v) is 2.26. The van der Waals surface area contributed by atoms with Crippen molar-refractivity contribution in [3.8, 4) is 0 Å². The molecule has 0 aromatic rings. The van der Waals surface area contributed by atoms with Crippen LogP contribution in [0, 0.1) is 0 Å². The van der Waals surface area contributed by atoms with Crippen LogP contribution in [0.5, 0.6) is 0 Å². The van der Waals surface area contributed by atoms with Gasteiger partial charge in [0.25, 0.3) is 0 Å². The molecule has 100 valence electrons. The smallest absolute Gasteiger partial charge is 0.748 e. The molecule has 1 unspecified atom stereocenters. The van der Waals surface area contributed by atoms with E-state index in [0.717, 1.165) is 31.8 Å². The molecular weight excluding hydrogens is 265 g/mol. The first-order valence-corrected chi connectivity index (χ1v) is 7.33. The van der Waals surface area contributed by atoms with Crippen molar-refractivity contribution in [3.05, 3.63) is 12.7 Å². The standard InChI is InChI=1S/C11H21NO4S.Na/c1-3-5-6-7-8-10(9-17(14,15)16)12-11(13)4-2;/h4,10H,2-3,5-9H2,1H3,(H,12,13)(H,14,15,16);/q;+1/p-1. The monoisotopic (exact) mass is 285 g/mol. The minimum atomic E-state index is -4.32. The molecule has 0 fully saturated rings. The Hall–Kier alpha value is 0.120. The largest absolute Gasteiger partial charge is 1.00 e. The van der Waals surface area contributed by atoms with Gasteiger partial charge in [0.15, 0.2) is 0 Å². The summed E-state index contributed by atoms with van der Waals surface area (Å²) in [5, 5.41) is 2.46. The Balaban J connectivity index is 0. The van der Waals surface area contributed by atoms with Crippen molar-refractivity contribution in [1.29, 1.82) is 0 Å². The van der Waals surface area contributed by atoms with Crippen LogP contribution in [0.3, 0.4) is 0 Å². The predicted octanol–water partition coefficient (Wildman–Crippen LogP) is -1.82. The Bertz CT molecular complexity index is 343. The van der Waals surface area contributed by atoms with E-state index >= 15 is 0 Å². The van der Waals surface area contributed by atoms with Gasteiger partial charge in [-0.3, -0.25) is 4.79 Å². The maximum Gasteiger partial charge on any atom is 1.00 e. The number of nitrogens with one attached hydrogen (secondary N) is 1. The van der Waals surface area contributed by atoms with Crippen molar-refractivity contribution < 1.29 is 47.3 Å². The van der Waals surface area contributed by atoms with E-state index in [9.17, 15) is 17.8 Å². The zero-order chi connectivity index (χ0) is 13.3. The van der Waals surface area contributed by atoms with Crippen LogP contribution in [0.1, 0.15) is 39.0 Å². The van der Waals surface area contributed by atoms with Gasteiger partial charge >= 0.3 is 29.6 Å². The maximum absolute atomic E-state index is 11.1. The first kappa shape index (κ1) is 20.4. The van der Waals surface area contributed by atoms with Crippen molar-refractivity contribution >= 4 is 16.0 Å². The van der Waals surface area contributed by atoms with Crippen LogP contribution in [-0.2, 0) is 14.9 Å². The number of hydrogen-bond donors (Lipinski definition) is 1. The molecule has 0 saturated heterocycles. The van der Waals surface area contributed by atoms with Crippen molar-refractivity contribution in [3.63, 3.8) is 0 Å². The molecule has 0 bridgehead atoms. The molecular formula is C11H20NNaO4S. The molecule has 0 aliphatic heterocycles. The molecule has 1 N–H and O–H groups in total. The second-order valence-corrected chi connectivity index (χ2v) is 5.43. The van der Waals surface area contributed by atoms with Crippen molar-refractivity contribution in [1.82, 2.24) is 5.32 Å². The van der Waals surface area contributed by atoms with Crippen LogP contribution in [0.2, 0.25) is 0 Å². The van der Waals surface area contributed by atoms with Gasteiger partial charge in [0, 0.05) is 6.04 Å². The van der Waals surface area contributed by atoms with Gasteiger partial charge in [0.2, 0.25) is 5.91 Å². The summed E-state index contributed by atoms with van der Waals surface area (Å²) in [6, 6.07) is -0.611. The molecule has 1 atom stereocenters. The molecule has 0 rings (SSSR count). The van der Waals surface area contributed by atoms with Crippen molar-refractivity contribution in [2.24, 2.45) is 0 Å². The predicted molar refractivity (Wildman–Crippen MR) is 65.5 cm³/mol. The second-order valence-electron chi connectivity index (χ2n) is 3.98. The summed E-state index contributed by atoms with van der Waals surface area (Å²) in [5.74, 6) is -1.01. The first-order chi connectivity index (χ1) is 7.89. The molecule has 0 aromatic carbocycles. The van der Waals surface area contributed by atoms with Crippen LogP contribution < -0.4 is 34.9 Å². The van der Waals surface area contributed by atoms with E-state index in [1.807, 2.05) is 0 Å². The molecule has 5 nitrogen and oxygen atoms in total. The number of rotatable bonds is 9.